The van der Waals surface area contributed by atoms with Gasteiger partial charge in [-0.25, -0.2) is 9.78 Å². The smallest absolute Gasteiger partial charge is 0.351 e. The van der Waals surface area contributed by atoms with E-state index in [0.717, 1.165) is 67.3 Å². The van der Waals surface area contributed by atoms with Crippen LogP contribution >= 0.6 is 0 Å². The van der Waals surface area contributed by atoms with E-state index in [2.05, 4.69) is 47.3 Å². The minimum atomic E-state index is -0.192. The van der Waals surface area contributed by atoms with Gasteiger partial charge in [-0.05, 0) is 50.2 Å². The Morgan fingerprint density at radius 2 is 1.87 bits per heavy atom. The second-order valence-corrected chi connectivity index (χ2v) is 11.5. The second-order valence-electron chi connectivity index (χ2n) is 11.5. The summed E-state index contributed by atoms with van der Waals surface area (Å²) in [6.45, 7) is 0.421. The highest BCUT2D eigenvalue weighted by Crippen LogP contribution is 2.24. The van der Waals surface area contributed by atoms with Crippen molar-refractivity contribution in [3.63, 3.8) is 0 Å². The lowest BCUT2D eigenvalue weighted by atomic mass is 10.1. The van der Waals surface area contributed by atoms with Crippen molar-refractivity contribution in [1.82, 2.24) is 40.2 Å². The fourth-order valence-electron chi connectivity index (χ4n) is 5.69. The van der Waals surface area contributed by atoms with Gasteiger partial charge in [0.2, 0.25) is 5.95 Å². The number of benzene rings is 1. The van der Waals surface area contributed by atoms with Gasteiger partial charge in [-0.15, -0.1) is 4.98 Å². The topological polar surface area (TPSA) is 165 Å². The third kappa shape index (κ3) is 8.04. The van der Waals surface area contributed by atoms with E-state index in [9.17, 15) is 10.1 Å². The van der Waals surface area contributed by atoms with Crippen LogP contribution in [0.15, 0.2) is 79.5 Å². The third-order valence-electron chi connectivity index (χ3n) is 8.10. The van der Waals surface area contributed by atoms with Gasteiger partial charge in [0.25, 0.3) is 5.82 Å². The average molecular weight is 630 g/mol. The lowest BCUT2D eigenvalue weighted by molar-refractivity contribution is -0.342. The summed E-state index contributed by atoms with van der Waals surface area (Å²) >= 11 is 0. The van der Waals surface area contributed by atoms with E-state index >= 15 is 0 Å². The number of H-pyrrole nitrogens is 1. The second kappa shape index (κ2) is 14.9. The monoisotopic (exact) mass is 629 g/mol. The molecular weight excluding hydrogens is 592 g/mol. The van der Waals surface area contributed by atoms with Crippen LogP contribution < -0.4 is 16.0 Å². The molecule has 0 spiro atoms. The molecule has 4 heterocycles. The first kappa shape index (κ1) is 31.1. The van der Waals surface area contributed by atoms with Crippen LogP contribution in [0.5, 0.6) is 0 Å². The summed E-state index contributed by atoms with van der Waals surface area (Å²) < 4.78 is 3.52. The van der Waals surface area contributed by atoms with Crippen LogP contribution in [0.25, 0.3) is 11.1 Å². The van der Waals surface area contributed by atoms with E-state index in [1.165, 1.54) is 6.20 Å². The summed E-state index contributed by atoms with van der Waals surface area (Å²) in [6.07, 6.45) is 14.8. The summed E-state index contributed by atoms with van der Waals surface area (Å²) in [7, 11) is 1.88. The van der Waals surface area contributed by atoms with E-state index in [0.29, 0.717) is 35.5 Å². The maximum absolute atomic E-state index is 13.8. The number of aryl methyl sites for hydroxylation is 1. The Balaban J connectivity index is 1.20. The number of aromatic amines is 1. The Hall–Kier alpha value is -5.90. The van der Waals surface area contributed by atoms with Gasteiger partial charge in [0.1, 0.15) is 17.8 Å². The molecule has 4 N–H and O–H groups in total. The number of urea groups is 1. The molecule has 2 amide bonds. The van der Waals surface area contributed by atoms with Crippen LogP contribution in [-0.2, 0) is 13.6 Å². The maximum atomic E-state index is 13.8. The van der Waals surface area contributed by atoms with Crippen LogP contribution in [0.2, 0.25) is 0 Å². The van der Waals surface area contributed by atoms with Crippen LogP contribution in [0.1, 0.15) is 56.1 Å². The van der Waals surface area contributed by atoms with Gasteiger partial charge in [0, 0.05) is 48.7 Å². The highest BCUT2D eigenvalue weighted by molar-refractivity contribution is 5.87. The Labute approximate surface area is 272 Å². The molecule has 5 aromatic rings. The van der Waals surface area contributed by atoms with E-state index in [4.69, 9.17) is 4.98 Å². The molecule has 0 unspecified atom stereocenters. The Morgan fingerprint density at radius 3 is 2.62 bits per heavy atom. The molecule has 0 radical (unpaired) electrons. The number of amides is 2. The SMILES string of the molecule is Cn1cc(-c2ccc(/[N+](C(=O)NCc3ccccc3)=C3/CCCC[C@H](Nc4ncc(C#N)c(Nc5cc[nH]n5)n4)CCC3)nc2)cn1. The number of nitriles is 1. The molecule has 13 nitrogen and oxygen atoms in total. The fraction of sp³-hybridized carbons (Fsp3) is 0.294. The van der Waals surface area contributed by atoms with Gasteiger partial charge in [-0.2, -0.15) is 25.0 Å². The van der Waals surface area contributed by atoms with Crippen LogP contribution in [-0.4, -0.2) is 57.3 Å². The number of hydrogen-bond donors (Lipinski definition) is 4. The molecule has 4 aromatic heterocycles. The van der Waals surface area contributed by atoms with Gasteiger partial charge in [0.05, 0.1) is 24.7 Å². The molecule has 1 aliphatic rings. The van der Waals surface area contributed by atoms with E-state index in [1.807, 2.05) is 55.7 Å². The number of carbonyl (C=O) groups excluding carboxylic acids is 1. The molecule has 6 rings (SSSR count). The van der Waals surface area contributed by atoms with Gasteiger partial charge in [-0.3, -0.25) is 15.1 Å². The number of hydrogen-bond acceptors (Lipinski definition) is 9. The summed E-state index contributed by atoms with van der Waals surface area (Å²) in [6, 6.07) is 17.6. The molecule has 0 bridgehead atoms. The van der Waals surface area contributed by atoms with Crippen LogP contribution in [0.3, 0.4) is 0 Å². The summed E-state index contributed by atoms with van der Waals surface area (Å²) in [4.78, 5) is 27.6. The summed E-state index contributed by atoms with van der Waals surface area (Å²) in [5.41, 5.74) is 4.31. The van der Waals surface area contributed by atoms with Crippen molar-refractivity contribution in [2.45, 2.75) is 57.5 Å². The maximum Gasteiger partial charge on any atom is 0.441 e. The zero-order valence-electron chi connectivity index (χ0n) is 26.2. The van der Waals surface area contributed by atoms with E-state index in [1.54, 1.807) is 33.9 Å². The molecule has 1 aliphatic carbocycles. The van der Waals surface area contributed by atoms with Crippen molar-refractivity contribution in [3.8, 4) is 17.2 Å². The quantitative estimate of drug-likeness (QED) is 0.155. The van der Waals surface area contributed by atoms with Crippen molar-refractivity contribution in [1.29, 1.82) is 5.26 Å². The van der Waals surface area contributed by atoms with Crippen molar-refractivity contribution >= 4 is 35.1 Å². The third-order valence-corrected chi connectivity index (χ3v) is 8.10. The van der Waals surface area contributed by atoms with Crippen LogP contribution in [0, 0.1) is 11.3 Å². The Kier molecular flexibility index (Phi) is 9.87. The highest BCUT2D eigenvalue weighted by Gasteiger charge is 2.25. The Bertz CT molecular complexity index is 1860. The first-order chi connectivity index (χ1) is 23.1. The molecule has 1 saturated carbocycles. The molecule has 0 aliphatic heterocycles. The zero-order valence-corrected chi connectivity index (χ0v) is 26.2. The lowest BCUT2D eigenvalue weighted by Gasteiger charge is -2.18. The van der Waals surface area contributed by atoms with Crippen molar-refractivity contribution in [2.75, 3.05) is 10.6 Å². The minimum Gasteiger partial charge on any atom is -0.351 e. The molecule has 1 fully saturated rings. The standard InChI is InChI=1S/C34H36N12O/c1-45-23-27(22-40-45)25-14-15-31(36-20-25)46(34(47)38-19-24-8-3-2-4-9-24)29-12-6-5-10-28(11-7-13-29)41-33-37-21-26(18-35)32(43-33)42-30-16-17-39-44-30/h2-4,8-9,14-17,20-23,28H,5-7,10-13,19H2,1H3,(H3-,37,38,39,41,42,43,44,47)/p+1/b46-29+/t28-/m0/s1. The average Bonchev–Trinajstić information content (AvgIpc) is 3.79. The van der Waals surface area contributed by atoms with Crippen molar-refractivity contribution in [3.05, 3.63) is 90.6 Å². The van der Waals surface area contributed by atoms with Gasteiger partial charge >= 0.3 is 6.03 Å². The van der Waals surface area contributed by atoms with Gasteiger partial charge in [-0.1, -0.05) is 36.8 Å². The number of anilines is 3. The lowest BCUT2D eigenvalue weighted by Crippen LogP contribution is -2.34. The predicted octanol–water partition coefficient (Wildman–Crippen LogP) is 5.83. The summed E-state index contributed by atoms with van der Waals surface area (Å²) in [5, 5.41) is 30.3. The number of aromatic nitrogens is 7. The number of nitrogens with zero attached hydrogens (tertiary/aromatic N) is 8. The van der Waals surface area contributed by atoms with Gasteiger partial charge in [0.15, 0.2) is 11.6 Å². The zero-order chi connectivity index (χ0) is 32.4. The molecule has 47 heavy (non-hydrogen) atoms. The Morgan fingerprint density at radius 1 is 1.02 bits per heavy atom. The largest absolute Gasteiger partial charge is 0.441 e. The molecule has 0 saturated heterocycles. The molecule has 13 heteroatoms. The van der Waals surface area contributed by atoms with Crippen LogP contribution in [0.4, 0.5) is 28.2 Å². The van der Waals surface area contributed by atoms with Gasteiger partial charge < -0.3 is 10.6 Å². The molecule has 1 atom stereocenters. The number of pyridine rings is 1. The van der Waals surface area contributed by atoms with Crippen molar-refractivity contribution < 1.29 is 9.37 Å². The highest BCUT2D eigenvalue weighted by atomic mass is 16.2. The normalized spacial score (nSPS) is 16.2. The number of nitrogens with one attached hydrogen (secondary N) is 4. The first-order valence-corrected chi connectivity index (χ1v) is 15.8. The van der Waals surface area contributed by atoms with Crippen molar-refractivity contribution in [2.24, 2.45) is 7.05 Å². The predicted molar refractivity (Wildman–Crippen MR) is 178 cm³/mol. The van der Waals surface area contributed by atoms with E-state index < -0.39 is 0 Å². The minimum absolute atomic E-state index is 0.137. The number of rotatable bonds is 8. The van der Waals surface area contributed by atoms with E-state index in [-0.39, 0.29) is 12.1 Å². The number of carbonyl (C=O) groups is 1. The first-order valence-electron chi connectivity index (χ1n) is 15.8. The summed E-state index contributed by atoms with van der Waals surface area (Å²) in [5.74, 6) is 2.01. The molecular formula is C34H37N12O+. The fourth-order valence-corrected chi connectivity index (χ4v) is 5.69. The molecule has 238 valence electrons. The molecule has 1 aromatic carbocycles.